The van der Waals surface area contributed by atoms with Gasteiger partial charge < -0.3 is 20.3 Å². The van der Waals surface area contributed by atoms with Gasteiger partial charge in [0.1, 0.15) is 5.75 Å². The minimum absolute atomic E-state index is 0.502. The quantitative estimate of drug-likeness (QED) is 0.365. The molecule has 0 saturated heterocycles. The Labute approximate surface area is 194 Å². The van der Waals surface area contributed by atoms with Crippen LogP contribution in [0.3, 0.4) is 0 Å². The molecule has 4 aromatic rings. The minimum Gasteiger partial charge on any atom is -0.497 e. The van der Waals surface area contributed by atoms with E-state index in [1.165, 1.54) is 5.56 Å². The summed E-state index contributed by atoms with van der Waals surface area (Å²) in [7, 11) is 1.67. The summed E-state index contributed by atoms with van der Waals surface area (Å²) in [5, 5.41) is 7.74. The average molecular weight is 444 g/mol. The van der Waals surface area contributed by atoms with Crippen molar-refractivity contribution in [2.75, 3.05) is 42.3 Å². The van der Waals surface area contributed by atoms with Gasteiger partial charge in [-0.15, -0.1) is 0 Å². The summed E-state index contributed by atoms with van der Waals surface area (Å²) in [6.45, 7) is 6.51. The maximum Gasteiger partial charge on any atom is 0.233 e. The van der Waals surface area contributed by atoms with E-state index in [4.69, 9.17) is 4.74 Å². The van der Waals surface area contributed by atoms with Gasteiger partial charge in [-0.2, -0.15) is 15.0 Å². The van der Waals surface area contributed by atoms with Crippen LogP contribution in [-0.4, -0.2) is 46.7 Å². The van der Waals surface area contributed by atoms with Gasteiger partial charge in [-0.05, 0) is 62.2 Å². The molecule has 2 heterocycles. The van der Waals surface area contributed by atoms with Gasteiger partial charge >= 0.3 is 0 Å². The van der Waals surface area contributed by atoms with Gasteiger partial charge in [0.15, 0.2) is 0 Å². The number of anilines is 4. The molecule has 2 N–H and O–H groups in total. The van der Waals surface area contributed by atoms with Gasteiger partial charge in [0, 0.05) is 36.9 Å². The van der Waals surface area contributed by atoms with E-state index in [2.05, 4.69) is 61.4 Å². The second-order valence-electron chi connectivity index (χ2n) is 7.52. The number of ether oxygens (including phenoxy) is 1. The lowest BCUT2D eigenvalue weighted by atomic mass is 10.1. The molecule has 0 saturated carbocycles. The lowest BCUT2D eigenvalue weighted by Gasteiger charge is -2.20. The number of fused-ring (bicyclic) bond motifs is 1. The molecule has 0 unspecified atom stereocenters. The number of hydrogen-bond donors (Lipinski definition) is 2. The highest BCUT2D eigenvalue weighted by Crippen LogP contribution is 2.21. The molecule has 2 aromatic carbocycles. The monoisotopic (exact) mass is 443 g/mol. The first-order valence-electron chi connectivity index (χ1n) is 11.2. The second kappa shape index (κ2) is 10.6. The van der Waals surface area contributed by atoms with Gasteiger partial charge in [0.2, 0.25) is 17.8 Å². The van der Waals surface area contributed by atoms with Crippen LogP contribution in [0, 0.1) is 0 Å². The number of pyridine rings is 1. The van der Waals surface area contributed by atoms with Gasteiger partial charge in [-0.25, -0.2) is 0 Å². The van der Waals surface area contributed by atoms with Crippen molar-refractivity contribution in [1.82, 2.24) is 19.9 Å². The normalized spacial score (nSPS) is 10.8. The maximum atomic E-state index is 5.23. The molecule has 8 heteroatoms. The number of nitrogens with one attached hydrogen (secondary N) is 2. The van der Waals surface area contributed by atoms with Gasteiger partial charge in [-0.3, -0.25) is 4.98 Å². The van der Waals surface area contributed by atoms with E-state index in [9.17, 15) is 0 Å². The smallest absolute Gasteiger partial charge is 0.233 e. The van der Waals surface area contributed by atoms with Crippen LogP contribution in [0.25, 0.3) is 10.9 Å². The van der Waals surface area contributed by atoms with Crippen molar-refractivity contribution in [2.45, 2.75) is 20.3 Å². The fourth-order valence-corrected chi connectivity index (χ4v) is 3.54. The Morgan fingerprint density at radius 1 is 0.909 bits per heavy atom. The zero-order valence-electron chi connectivity index (χ0n) is 19.2. The first-order chi connectivity index (χ1) is 16.2. The average Bonchev–Trinajstić information content (AvgIpc) is 2.85. The zero-order valence-corrected chi connectivity index (χ0v) is 19.2. The molecular formula is C25H29N7O. The Balaban J connectivity index is 1.52. The summed E-state index contributed by atoms with van der Waals surface area (Å²) in [4.78, 5) is 20.4. The summed E-state index contributed by atoms with van der Waals surface area (Å²) in [5.41, 5.74) is 3.06. The lowest BCUT2D eigenvalue weighted by Crippen LogP contribution is -2.25. The van der Waals surface area contributed by atoms with Crippen LogP contribution < -0.4 is 20.3 Å². The molecule has 8 nitrogen and oxygen atoms in total. The SMILES string of the molecule is CCN(CC)c1nc(NCCc2ccc(OC)cc2)nc(Nc2ccc3ncccc3c2)n1. The fourth-order valence-electron chi connectivity index (χ4n) is 3.54. The Hall–Kier alpha value is -3.94. The van der Waals surface area contributed by atoms with Crippen molar-refractivity contribution in [1.29, 1.82) is 0 Å². The number of rotatable bonds is 10. The summed E-state index contributed by atoms with van der Waals surface area (Å²) >= 11 is 0. The predicted octanol–water partition coefficient (Wildman–Crippen LogP) is 4.67. The van der Waals surface area contributed by atoms with E-state index < -0.39 is 0 Å². The summed E-state index contributed by atoms with van der Waals surface area (Å²) in [5.74, 6) is 2.55. The molecule has 0 radical (unpaired) electrons. The minimum atomic E-state index is 0.502. The maximum absolute atomic E-state index is 5.23. The molecule has 170 valence electrons. The van der Waals surface area contributed by atoms with Crippen LogP contribution in [0.1, 0.15) is 19.4 Å². The van der Waals surface area contributed by atoms with Gasteiger partial charge in [-0.1, -0.05) is 18.2 Å². The molecule has 0 amide bonds. The molecule has 0 bridgehead atoms. The van der Waals surface area contributed by atoms with Crippen LogP contribution in [0.15, 0.2) is 60.8 Å². The third kappa shape index (κ3) is 5.65. The molecule has 0 aliphatic heterocycles. The van der Waals surface area contributed by atoms with Crippen LogP contribution in [-0.2, 0) is 6.42 Å². The van der Waals surface area contributed by atoms with Crippen molar-refractivity contribution < 1.29 is 4.74 Å². The van der Waals surface area contributed by atoms with E-state index in [1.54, 1.807) is 13.3 Å². The van der Waals surface area contributed by atoms with E-state index in [0.717, 1.165) is 41.9 Å². The Kier molecular flexibility index (Phi) is 7.14. The molecule has 2 aromatic heterocycles. The van der Waals surface area contributed by atoms with Crippen molar-refractivity contribution in [3.05, 3.63) is 66.4 Å². The van der Waals surface area contributed by atoms with Crippen LogP contribution in [0.2, 0.25) is 0 Å². The first kappa shape index (κ1) is 22.3. The van der Waals surface area contributed by atoms with Gasteiger partial charge in [0.05, 0.1) is 12.6 Å². The highest BCUT2D eigenvalue weighted by atomic mass is 16.5. The third-order valence-corrected chi connectivity index (χ3v) is 5.38. The highest BCUT2D eigenvalue weighted by Gasteiger charge is 2.12. The molecule has 33 heavy (non-hydrogen) atoms. The number of methoxy groups -OCH3 is 1. The van der Waals surface area contributed by atoms with Gasteiger partial charge in [0.25, 0.3) is 0 Å². The number of nitrogens with zero attached hydrogens (tertiary/aromatic N) is 5. The van der Waals surface area contributed by atoms with E-state index >= 15 is 0 Å². The molecule has 0 atom stereocenters. The van der Waals surface area contributed by atoms with Crippen LogP contribution in [0.4, 0.5) is 23.5 Å². The molecule has 0 aliphatic rings. The third-order valence-electron chi connectivity index (χ3n) is 5.38. The van der Waals surface area contributed by atoms with E-state index in [0.29, 0.717) is 24.4 Å². The predicted molar refractivity (Wildman–Crippen MR) is 134 cm³/mol. The number of benzene rings is 2. The van der Waals surface area contributed by atoms with E-state index in [-0.39, 0.29) is 0 Å². The first-order valence-corrected chi connectivity index (χ1v) is 11.2. The largest absolute Gasteiger partial charge is 0.497 e. The summed E-state index contributed by atoms with van der Waals surface area (Å²) in [6, 6.07) is 18.0. The van der Waals surface area contributed by atoms with Crippen LogP contribution in [0.5, 0.6) is 5.75 Å². The van der Waals surface area contributed by atoms with E-state index in [1.807, 2.05) is 42.5 Å². The highest BCUT2D eigenvalue weighted by molar-refractivity contribution is 5.82. The topological polar surface area (TPSA) is 88.1 Å². The van der Waals surface area contributed by atoms with Crippen molar-refractivity contribution >= 4 is 34.4 Å². The second-order valence-corrected chi connectivity index (χ2v) is 7.52. The number of hydrogen-bond acceptors (Lipinski definition) is 8. The standard InChI is InChI=1S/C25H29N7O/c1-4-32(5-2)25-30-23(27-16-14-18-8-11-21(33-3)12-9-18)29-24(31-25)28-20-10-13-22-19(17-20)7-6-15-26-22/h6-13,15,17H,4-5,14,16H2,1-3H3,(H2,27,28,29,30,31). The van der Waals surface area contributed by atoms with Crippen LogP contribution >= 0.6 is 0 Å². The van der Waals surface area contributed by atoms with Crippen molar-refractivity contribution in [3.63, 3.8) is 0 Å². The fraction of sp³-hybridized carbons (Fsp3) is 0.280. The van der Waals surface area contributed by atoms with Crippen molar-refractivity contribution in [2.24, 2.45) is 0 Å². The molecular weight excluding hydrogens is 414 g/mol. The Morgan fingerprint density at radius 2 is 1.70 bits per heavy atom. The number of aromatic nitrogens is 4. The summed E-state index contributed by atoms with van der Waals surface area (Å²) in [6.07, 6.45) is 2.64. The molecule has 4 rings (SSSR count). The lowest BCUT2D eigenvalue weighted by molar-refractivity contribution is 0.414. The zero-order chi connectivity index (χ0) is 23.0. The molecule has 0 spiro atoms. The Bertz CT molecular complexity index is 1190. The molecule has 0 aliphatic carbocycles. The molecule has 0 fully saturated rings. The Morgan fingerprint density at radius 3 is 2.45 bits per heavy atom. The summed E-state index contributed by atoms with van der Waals surface area (Å²) < 4.78 is 5.23. The van der Waals surface area contributed by atoms with Crippen molar-refractivity contribution in [3.8, 4) is 5.75 Å².